The third-order valence-electron chi connectivity index (χ3n) is 5.09. The molecule has 0 amide bonds. The Kier molecular flexibility index (Phi) is 8.38. The molecule has 0 aliphatic rings. The van der Waals surface area contributed by atoms with Gasteiger partial charge < -0.3 is 9.47 Å². The summed E-state index contributed by atoms with van der Waals surface area (Å²) in [5.74, 6) is 0. The van der Waals surface area contributed by atoms with Crippen molar-refractivity contribution in [3.8, 4) is 0 Å². The van der Waals surface area contributed by atoms with Crippen molar-refractivity contribution in [2.75, 3.05) is 13.2 Å². The van der Waals surface area contributed by atoms with Gasteiger partial charge >= 0.3 is 6.16 Å². The molecule has 3 heteroatoms. The highest BCUT2D eigenvalue weighted by atomic mass is 16.7. The second kappa shape index (κ2) is 10.8. The van der Waals surface area contributed by atoms with Gasteiger partial charge in [-0.2, -0.15) is 0 Å². The van der Waals surface area contributed by atoms with E-state index in [1.165, 1.54) is 16.7 Å². The van der Waals surface area contributed by atoms with Crippen molar-refractivity contribution in [2.24, 2.45) is 0 Å². The Morgan fingerprint density at radius 1 is 0.852 bits per heavy atom. The van der Waals surface area contributed by atoms with Crippen LogP contribution in [0.15, 0.2) is 54.6 Å². The van der Waals surface area contributed by atoms with Crippen LogP contribution >= 0.6 is 0 Å². The first-order valence-electron chi connectivity index (χ1n) is 9.94. The summed E-state index contributed by atoms with van der Waals surface area (Å²) < 4.78 is 10.3. The molecule has 0 aromatic heterocycles. The average Bonchev–Trinajstić information content (AvgIpc) is 2.69. The number of benzene rings is 2. The average molecular weight is 369 g/mol. The molecule has 0 N–H and O–H groups in total. The van der Waals surface area contributed by atoms with Crippen molar-refractivity contribution in [3.63, 3.8) is 0 Å². The molecule has 3 nitrogen and oxygen atoms in total. The Balaban J connectivity index is 1.61. The van der Waals surface area contributed by atoms with Crippen LogP contribution in [-0.2, 0) is 27.7 Å². The minimum atomic E-state index is -0.566. The van der Waals surface area contributed by atoms with E-state index in [9.17, 15) is 4.79 Å². The first-order chi connectivity index (χ1) is 13.0. The van der Waals surface area contributed by atoms with E-state index >= 15 is 0 Å². The van der Waals surface area contributed by atoms with E-state index in [0.717, 1.165) is 32.1 Å². The molecule has 0 radical (unpaired) electrons. The largest absolute Gasteiger partial charge is 0.508 e. The van der Waals surface area contributed by atoms with Gasteiger partial charge in [0.1, 0.15) is 0 Å². The van der Waals surface area contributed by atoms with Gasteiger partial charge in [0.25, 0.3) is 0 Å². The molecule has 2 aromatic rings. The summed E-state index contributed by atoms with van der Waals surface area (Å²) in [6.07, 6.45) is 3.95. The van der Waals surface area contributed by atoms with Crippen molar-refractivity contribution in [1.82, 2.24) is 0 Å². The fraction of sp³-hybridized carbons (Fsp3) is 0.458. The van der Waals surface area contributed by atoms with Crippen molar-refractivity contribution >= 4 is 6.16 Å². The van der Waals surface area contributed by atoms with Crippen LogP contribution in [0.3, 0.4) is 0 Å². The smallest absolute Gasteiger partial charge is 0.434 e. The molecule has 0 aliphatic heterocycles. The van der Waals surface area contributed by atoms with Crippen LogP contribution in [0.2, 0.25) is 0 Å². The zero-order valence-electron chi connectivity index (χ0n) is 16.9. The van der Waals surface area contributed by atoms with Gasteiger partial charge in [0.15, 0.2) is 0 Å². The van der Waals surface area contributed by atoms with Crippen LogP contribution in [0.5, 0.6) is 0 Å². The van der Waals surface area contributed by atoms with Gasteiger partial charge in [0.2, 0.25) is 0 Å². The van der Waals surface area contributed by atoms with E-state index in [1.807, 2.05) is 18.2 Å². The normalized spacial score (nSPS) is 11.2. The fourth-order valence-corrected chi connectivity index (χ4v) is 2.90. The Morgan fingerprint density at radius 2 is 1.44 bits per heavy atom. The highest BCUT2D eigenvalue weighted by molar-refractivity contribution is 5.59. The molecule has 2 aromatic carbocycles. The van der Waals surface area contributed by atoms with Crippen LogP contribution < -0.4 is 0 Å². The predicted octanol–water partition coefficient (Wildman–Crippen LogP) is 6.09. The summed E-state index contributed by atoms with van der Waals surface area (Å²) in [5, 5.41) is 0. The maximum absolute atomic E-state index is 11.6. The standard InChI is InChI=1S/C24H32O3/c1-4-24(2,3)22-16-8-13-21(19-22)15-10-18-27-23(25)26-17-9-14-20-11-6-5-7-12-20/h5-8,11-13,16,19H,4,9-10,14-15,17-18H2,1-3H3. The van der Waals surface area contributed by atoms with Gasteiger partial charge in [-0.15, -0.1) is 0 Å². The Bertz CT molecular complexity index is 692. The molecule has 0 fully saturated rings. The number of carbonyl (C=O) groups excluding carboxylic acids is 1. The van der Waals surface area contributed by atoms with E-state index in [1.54, 1.807) is 0 Å². The van der Waals surface area contributed by atoms with Gasteiger partial charge in [-0.3, -0.25) is 0 Å². The van der Waals surface area contributed by atoms with E-state index in [0.29, 0.717) is 13.2 Å². The predicted molar refractivity (Wildman–Crippen MR) is 110 cm³/mol. The maximum Gasteiger partial charge on any atom is 0.508 e. The summed E-state index contributed by atoms with van der Waals surface area (Å²) >= 11 is 0. The lowest BCUT2D eigenvalue weighted by Crippen LogP contribution is -2.15. The lowest BCUT2D eigenvalue weighted by atomic mass is 9.81. The molecule has 0 spiro atoms. The molecular formula is C24H32O3. The second-order valence-corrected chi connectivity index (χ2v) is 7.58. The number of ether oxygens (including phenoxy) is 2. The molecule has 0 atom stereocenters. The minimum absolute atomic E-state index is 0.191. The van der Waals surface area contributed by atoms with Crippen molar-refractivity contribution in [3.05, 3.63) is 71.3 Å². The minimum Gasteiger partial charge on any atom is -0.434 e. The molecule has 0 bridgehead atoms. The lowest BCUT2D eigenvalue weighted by Gasteiger charge is -2.23. The number of aryl methyl sites for hydroxylation is 2. The molecule has 2 rings (SSSR count). The molecule has 0 aliphatic carbocycles. The SMILES string of the molecule is CCC(C)(C)c1cccc(CCCOC(=O)OCCCc2ccccc2)c1. The number of hydrogen-bond acceptors (Lipinski definition) is 3. The van der Waals surface area contributed by atoms with Gasteiger partial charge in [0, 0.05) is 0 Å². The van der Waals surface area contributed by atoms with Gasteiger partial charge in [-0.05, 0) is 54.2 Å². The topological polar surface area (TPSA) is 35.5 Å². The van der Waals surface area contributed by atoms with Crippen LogP contribution in [0, 0.1) is 0 Å². The Hall–Kier alpha value is -2.29. The molecule has 0 unspecified atom stereocenters. The number of rotatable bonds is 10. The summed E-state index contributed by atoms with van der Waals surface area (Å²) in [6.45, 7) is 7.53. The Labute approximate surface area is 163 Å². The van der Waals surface area contributed by atoms with Crippen LogP contribution in [0.4, 0.5) is 4.79 Å². The second-order valence-electron chi connectivity index (χ2n) is 7.58. The quantitative estimate of drug-likeness (QED) is 0.376. The first kappa shape index (κ1) is 21.0. The van der Waals surface area contributed by atoms with E-state index in [4.69, 9.17) is 9.47 Å². The van der Waals surface area contributed by atoms with E-state index < -0.39 is 6.16 Å². The molecular weight excluding hydrogens is 336 g/mol. The monoisotopic (exact) mass is 368 g/mol. The third kappa shape index (κ3) is 7.46. The van der Waals surface area contributed by atoms with Crippen molar-refractivity contribution in [1.29, 1.82) is 0 Å². The summed E-state index contributed by atoms with van der Waals surface area (Å²) in [5.41, 5.74) is 4.09. The van der Waals surface area contributed by atoms with Crippen LogP contribution in [0.1, 0.15) is 56.7 Å². The number of hydrogen-bond donors (Lipinski definition) is 0. The highest BCUT2D eigenvalue weighted by Gasteiger charge is 2.17. The maximum atomic E-state index is 11.6. The highest BCUT2D eigenvalue weighted by Crippen LogP contribution is 2.27. The van der Waals surface area contributed by atoms with Crippen LogP contribution in [-0.4, -0.2) is 19.4 Å². The molecule has 0 saturated carbocycles. The first-order valence-corrected chi connectivity index (χ1v) is 9.94. The van der Waals surface area contributed by atoms with Crippen molar-refractivity contribution < 1.29 is 14.3 Å². The van der Waals surface area contributed by atoms with Crippen molar-refractivity contribution in [2.45, 2.75) is 58.3 Å². The Morgan fingerprint density at radius 3 is 2.07 bits per heavy atom. The van der Waals surface area contributed by atoms with Gasteiger partial charge in [0.05, 0.1) is 13.2 Å². The van der Waals surface area contributed by atoms with Gasteiger partial charge in [-0.25, -0.2) is 4.79 Å². The number of carbonyl (C=O) groups is 1. The third-order valence-corrected chi connectivity index (χ3v) is 5.09. The molecule has 27 heavy (non-hydrogen) atoms. The summed E-state index contributed by atoms with van der Waals surface area (Å²) in [4.78, 5) is 11.6. The summed E-state index contributed by atoms with van der Waals surface area (Å²) in [6, 6.07) is 18.9. The molecule has 0 saturated heterocycles. The summed E-state index contributed by atoms with van der Waals surface area (Å²) in [7, 11) is 0. The van der Waals surface area contributed by atoms with E-state index in [2.05, 4.69) is 57.2 Å². The van der Waals surface area contributed by atoms with Gasteiger partial charge in [-0.1, -0.05) is 75.4 Å². The van der Waals surface area contributed by atoms with Crippen LogP contribution in [0.25, 0.3) is 0 Å². The van der Waals surface area contributed by atoms with E-state index in [-0.39, 0.29) is 5.41 Å². The fourth-order valence-electron chi connectivity index (χ4n) is 2.90. The molecule has 146 valence electrons. The molecule has 0 heterocycles. The zero-order chi connectivity index (χ0) is 19.5. The lowest BCUT2D eigenvalue weighted by molar-refractivity contribution is 0.0539. The zero-order valence-corrected chi connectivity index (χ0v) is 16.9.